The lowest BCUT2D eigenvalue weighted by molar-refractivity contribution is 0.242. The fourth-order valence-electron chi connectivity index (χ4n) is 2.14. The van der Waals surface area contributed by atoms with Crippen molar-refractivity contribution < 1.29 is 9.13 Å². The number of hydrogen-bond acceptors (Lipinski definition) is 6. The van der Waals surface area contributed by atoms with Gasteiger partial charge in [0.05, 0.1) is 18.0 Å². The van der Waals surface area contributed by atoms with Gasteiger partial charge in [-0.1, -0.05) is 12.1 Å². The highest BCUT2D eigenvalue weighted by Gasteiger charge is 2.05. The van der Waals surface area contributed by atoms with Crippen molar-refractivity contribution >= 4 is 23.1 Å². The van der Waals surface area contributed by atoms with Crippen LogP contribution in [-0.4, -0.2) is 21.3 Å². The van der Waals surface area contributed by atoms with Crippen LogP contribution in [0.15, 0.2) is 54.7 Å². The van der Waals surface area contributed by atoms with Crippen LogP contribution in [0, 0.1) is 5.82 Å². The molecule has 0 unspecified atom stereocenters. The second-order valence-corrected chi connectivity index (χ2v) is 5.59. The summed E-state index contributed by atoms with van der Waals surface area (Å²) in [6.07, 6.45) is 1.61. The smallest absolute Gasteiger partial charge is 0.249 e. The first kappa shape index (κ1) is 16.6. The monoisotopic (exact) mass is 339 g/mol. The standard InChI is InChI=1S/C18H18FN5O/c1-12(2)25-14-9-7-13(8-10-14)21-17-11-20-24-18(23-17)22-16-6-4-3-5-15(16)19/h3-12H,1-2H3,(H2,21,22,23,24). The van der Waals surface area contributed by atoms with E-state index in [2.05, 4.69) is 25.8 Å². The summed E-state index contributed by atoms with van der Waals surface area (Å²) >= 11 is 0. The predicted molar refractivity (Wildman–Crippen MR) is 95.0 cm³/mol. The summed E-state index contributed by atoms with van der Waals surface area (Å²) in [4.78, 5) is 4.28. The molecule has 2 N–H and O–H groups in total. The molecule has 0 aliphatic heterocycles. The SMILES string of the molecule is CC(C)Oc1ccc(Nc2cnnc(Nc3ccccc3F)n2)cc1. The Morgan fingerprint density at radius 2 is 1.76 bits per heavy atom. The predicted octanol–water partition coefficient (Wildman–Crippen LogP) is 4.29. The molecule has 3 rings (SSSR count). The summed E-state index contributed by atoms with van der Waals surface area (Å²) in [6, 6.07) is 13.8. The van der Waals surface area contributed by atoms with E-state index in [1.54, 1.807) is 18.2 Å². The number of aromatic nitrogens is 3. The number of anilines is 4. The number of halogens is 1. The van der Waals surface area contributed by atoms with Gasteiger partial charge in [0, 0.05) is 5.69 Å². The lowest BCUT2D eigenvalue weighted by Gasteiger charge is -2.11. The van der Waals surface area contributed by atoms with Crippen molar-refractivity contribution in [2.24, 2.45) is 0 Å². The Morgan fingerprint density at radius 1 is 1.00 bits per heavy atom. The number of nitrogens with zero attached hydrogens (tertiary/aromatic N) is 3. The summed E-state index contributed by atoms with van der Waals surface area (Å²) < 4.78 is 19.3. The van der Waals surface area contributed by atoms with Crippen LogP contribution in [0.5, 0.6) is 5.75 Å². The molecule has 0 saturated carbocycles. The van der Waals surface area contributed by atoms with Gasteiger partial charge >= 0.3 is 0 Å². The molecule has 1 aromatic heterocycles. The Balaban J connectivity index is 1.70. The van der Waals surface area contributed by atoms with Gasteiger partial charge in [-0.3, -0.25) is 0 Å². The molecule has 0 atom stereocenters. The minimum atomic E-state index is -0.384. The highest BCUT2D eigenvalue weighted by molar-refractivity contribution is 5.59. The summed E-state index contributed by atoms with van der Waals surface area (Å²) in [6.45, 7) is 3.95. The molecule has 0 fully saturated rings. The van der Waals surface area contributed by atoms with Gasteiger partial charge in [-0.25, -0.2) is 4.39 Å². The van der Waals surface area contributed by atoms with Gasteiger partial charge in [0.25, 0.3) is 0 Å². The molecule has 2 aromatic carbocycles. The van der Waals surface area contributed by atoms with E-state index >= 15 is 0 Å². The molecule has 3 aromatic rings. The summed E-state index contributed by atoms with van der Waals surface area (Å²) in [5.74, 6) is 1.11. The normalized spacial score (nSPS) is 10.6. The third-order valence-electron chi connectivity index (χ3n) is 3.18. The van der Waals surface area contributed by atoms with Crippen molar-refractivity contribution in [3.63, 3.8) is 0 Å². The van der Waals surface area contributed by atoms with E-state index in [0.717, 1.165) is 11.4 Å². The molecule has 0 saturated heterocycles. The Bertz CT molecular complexity index is 839. The zero-order chi connectivity index (χ0) is 17.6. The van der Waals surface area contributed by atoms with Gasteiger partial charge in [0.2, 0.25) is 5.95 Å². The van der Waals surface area contributed by atoms with Crippen LogP contribution in [0.1, 0.15) is 13.8 Å². The molecule has 0 aliphatic rings. The third kappa shape index (κ3) is 4.63. The van der Waals surface area contributed by atoms with Gasteiger partial charge in [-0.05, 0) is 50.2 Å². The average molecular weight is 339 g/mol. The second kappa shape index (κ2) is 7.57. The minimum Gasteiger partial charge on any atom is -0.491 e. The number of nitrogens with one attached hydrogen (secondary N) is 2. The Morgan fingerprint density at radius 3 is 2.48 bits per heavy atom. The molecular weight excluding hydrogens is 321 g/mol. The molecule has 25 heavy (non-hydrogen) atoms. The first-order valence-corrected chi connectivity index (χ1v) is 7.85. The van der Waals surface area contributed by atoms with E-state index in [9.17, 15) is 4.39 Å². The van der Waals surface area contributed by atoms with Crippen molar-refractivity contribution in [3.8, 4) is 5.75 Å². The van der Waals surface area contributed by atoms with E-state index in [1.165, 1.54) is 12.3 Å². The molecule has 128 valence electrons. The van der Waals surface area contributed by atoms with Gasteiger partial charge in [-0.2, -0.15) is 10.1 Å². The van der Waals surface area contributed by atoms with Gasteiger partial charge in [0.1, 0.15) is 11.6 Å². The topological polar surface area (TPSA) is 72.0 Å². The zero-order valence-electron chi connectivity index (χ0n) is 13.9. The van der Waals surface area contributed by atoms with Crippen LogP contribution in [0.4, 0.5) is 27.5 Å². The number of ether oxygens (including phenoxy) is 1. The third-order valence-corrected chi connectivity index (χ3v) is 3.18. The summed E-state index contributed by atoms with van der Waals surface area (Å²) in [7, 11) is 0. The Labute approximate surface area is 145 Å². The molecule has 0 bridgehead atoms. The fraction of sp³-hybridized carbons (Fsp3) is 0.167. The second-order valence-electron chi connectivity index (χ2n) is 5.59. The van der Waals surface area contributed by atoms with E-state index in [0.29, 0.717) is 5.82 Å². The summed E-state index contributed by atoms with van der Waals surface area (Å²) in [5, 5.41) is 13.7. The van der Waals surface area contributed by atoms with Crippen molar-refractivity contribution in [2.75, 3.05) is 10.6 Å². The molecule has 0 amide bonds. The first-order valence-electron chi connectivity index (χ1n) is 7.85. The Kier molecular flexibility index (Phi) is 5.03. The largest absolute Gasteiger partial charge is 0.491 e. The zero-order valence-corrected chi connectivity index (χ0v) is 13.9. The lowest BCUT2D eigenvalue weighted by atomic mass is 10.3. The Hall–Kier alpha value is -3.22. The van der Waals surface area contributed by atoms with Crippen molar-refractivity contribution in [1.29, 1.82) is 0 Å². The van der Waals surface area contributed by atoms with Crippen LogP contribution in [-0.2, 0) is 0 Å². The molecule has 7 heteroatoms. The highest BCUT2D eigenvalue weighted by atomic mass is 19.1. The van der Waals surface area contributed by atoms with Crippen LogP contribution >= 0.6 is 0 Å². The highest BCUT2D eigenvalue weighted by Crippen LogP contribution is 2.21. The first-order chi connectivity index (χ1) is 12.1. The van der Waals surface area contributed by atoms with E-state index in [1.807, 2.05) is 38.1 Å². The van der Waals surface area contributed by atoms with Gasteiger partial charge < -0.3 is 15.4 Å². The van der Waals surface area contributed by atoms with Crippen molar-refractivity contribution in [1.82, 2.24) is 15.2 Å². The maximum atomic E-state index is 13.7. The van der Waals surface area contributed by atoms with Crippen molar-refractivity contribution in [2.45, 2.75) is 20.0 Å². The van der Waals surface area contributed by atoms with Crippen LogP contribution in [0.25, 0.3) is 0 Å². The minimum absolute atomic E-state index is 0.122. The lowest BCUT2D eigenvalue weighted by Crippen LogP contribution is -2.05. The quantitative estimate of drug-likeness (QED) is 0.698. The van der Waals surface area contributed by atoms with E-state index in [4.69, 9.17) is 4.74 Å². The molecule has 1 heterocycles. The van der Waals surface area contributed by atoms with E-state index < -0.39 is 0 Å². The van der Waals surface area contributed by atoms with Crippen LogP contribution in [0.2, 0.25) is 0 Å². The molecular formula is C18H18FN5O. The molecule has 0 radical (unpaired) electrons. The van der Waals surface area contributed by atoms with Crippen LogP contribution < -0.4 is 15.4 Å². The number of hydrogen-bond donors (Lipinski definition) is 2. The summed E-state index contributed by atoms with van der Waals surface area (Å²) in [5.41, 5.74) is 1.12. The number of rotatable bonds is 6. The van der Waals surface area contributed by atoms with Gasteiger partial charge in [-0.15, -0.1) is 5.10 Å². The maximum Gasteiger partial charge on any atom is 0.249 e. The maximum absolute atomic E-state index is 13.7. The fourth-order valence-corrected chi connectivity index (χ4v) is 2.14. The number of para-hydroxylation sites is 1. The van der Waals surface area contributed by atoms with Crippen LogP contribution in [0.3, 0.4) is 0 Å². The molecule has 0 spiro atoms. The molecule has 6 nitrogen and oxygen atoms in total. The average Bonchev–Trinajstić information content (AvgIpc) is 2.59. The number of benzene rings is 2. The van der Waals surface area contributed by atoms with E-state index in [-0.39, 0.29) is 23.6 Å². The van der Waals surface area contributed by atoms with Crippen molar-refractivity contribution in [3.05, 3.63) is 60.5 Å². The molecule has 0 aliphatic carbocycles. The van der Waals surface area contributed by atoms with Gasteiger partial charge in [0.15, 0.2) is 5.82 Å².